The molecule has 4 nitrogen and oxygen atoms in total. The average molecular weight is 531 g/mol. The van der Waals surface area contributed by atoms with Crippen molar-refractivity contribution in [3.8, 4) is 56.6 Å². The summed E-state index contributed by atoms with van der Waals surface area (Å²) in [7, 11) is 0. The largest absolute Gasteiger partial charge is 0.270 e. The monoisotopic (exact) mass is 530 g/mol. The van der Waals surface area contributed by atoms with Gasteiger partial charge in [0.1, 0.15) is 0 Å². The summed E-state index contributed by atoms with van der Waals surface area (Å²) < 4.78 is 0. The van der Waals surface area contributed by atoms with Crippen LogP contribution in [0.1, 0.15) is 22.3 Å². The van der Waals surface area contributed by atoms with Crippen LogP contribution >= 0.6 is 0 Å². The van der Waals surface area contributed by atoms with E-state index in [2.05, 4.69) is 34.0 Å². The normalized spacial score (nSPS) is 14.2. The Morgan fingerprint density at radius 2 is 0.810 bits per heavy atom. The minimum Gasteiger partial charge on any atom is -0.226 e. The molecule has 0 radical (unpaired) electrons. The average Bonchev–Trinajstić information content (AvgIpc) is 3.53. The quantitative estimate of drug-likeness (QED) is 0.165. The van der Waals surface area contributed by atoms with Crippen LogP contribution in [0, 0.1) is 35.8 Å². The fourth-order valence-corrected chi connectivity index (χ4v) is 6.13. The molecule has 42 heavy (non-hydrogen) atoms. The van der Waals surface area contributed by atoms with Gasteiger partial charge in [0.25, 0.3) is 11.4 Å². The molecule has 0 atom stereocenters. The highest BCUT2D eigenvalue weighted by molar-refractivity contribution is 6.11. The Kier molecular flexibility index (Phi) is 5.63. The third kappa shape index (κ3) is 3.58. The van der Waals surface area contributed by atoms with Gasteiger partial charge >= 0.3 is 0 Å². The molecule has 7 rings (SSSR count). The second kappa shape index (κ2) is 9.62. The third-order valence-corrected chi connectivity index (χ3v) is 7.98. The molecular weight excluding hydrogens is 512 g/mol. The zero-order chi connectivity index (χ0) is 28.8. The van der Waals surface area contributed by atoms with Gasteiger partial charge in [-0.3, -0.25) is 0 Å². The van der Waals surface area contributed by atoms with E-state index in [1.165, 1.54) is 0 Å². The first kappa shape index (κ1) is 24.6. The summed E-state index contributed by atoms with van der Waals surface area (Å²) in [5.74, 6) is 0. The van der Waals surface area contributed by atoms with Gasteiger partial charge in [0.2, 0.25) is 0 Å². The van der Waals surface area contributed by atoms with Crippen molar-refractivity contribution in [2.24, 2.45) is 0 Å². The van der Waals surface area contributed by atoms with E-state index in [1.54, 1.807) is 0 Å². The topological polar surface area (TPSA) is 56.3 Å². The second-order valence-corrected chi connectivity index (χ2v) is 10.1. The van der Waals surface area contributed by atoms with Gasteiger partial charge in [-0.05, 0) is 91.0 Å². The van der Waals surface area contributed by atoms with Crippen molar-refractivity contribution in [3.05, 3.63) is 166 Å². The Bertz CT molecular complexity index is 2020. The summed E-state index contributed by atoms with van der Waals surface area (Å²) in [6, 6.07) is 40.6. The first-order valence-corrected chi connectivity index (χ1v) is 13.3. The number of nitriles is 2. The van der Waals surface area contributed by atoms with E-state index in [4.69, 9.17) is 13.1 Å². The van der Waals surface area contributed by atoms with Gasteiger partial charge in [-0.2, -0.15) is 0 Å². The molecule has 0 aliphatic heterocycles. The summed E-state index contributed by atoms with van der Waals surface area (Å²) in [4.78, 5) is 7.24. The van der Waals surface area contributed by atoms with Crippen molar-refractivity contribution in [2.45, 2.75) is 0 Å². The first-order chi connectivity index (χ1) is 20.7. The number of allylic oxidation sites excluding steroid dienone is 2. The van der Waals surface area contributed by atoms with Crippen molar-refractivity contribution in [1.82, 2.24) is 0 Å². The van der Waals surface area contributed by atoms with E-state index in [0.29, 0.717) is 11.1 Å². The molecule has 2 aliphatic rings. The molecule has 0 heterocycles. The molecule has 2 aliphatic carbocycles. The van der Waals surface area contributed by atoms with Gasteiger partial charge in [0, 0.05) is 11.1 Å². The minimum atomic E-state index is 0.0347. The van der Waals surface area contributed by atoms with E-state index in [1.807, 2.05) is 97.1 Å². The molecule has 0 saturated carbocycles. The predicted molar refractivity (Wildman–Crippen MR) is 165 cm³/mol. The zero-order valence-corrected chi connectivity index (χ0v) is 22.2. The lowest BCUT2D eigenvalue weighted by atomic mass is 9.95. The van der Waals surface area contributed by atoms with Crippen LogP contribution in [0.25, 0.3) is 65.3 Å². The summed E-state index contributed by atoms with van der Waals surface area (Å²) in [6.45, 7) is 15.6. The number of rotatable bonds is 2. The summed E-state index contributed by atoms with van der Waals surface area (Å²) >= 11 is 0. The Hall–Kier alpha value is -6.46. The van der Waals surface area contributed by atoms with Crippen LogP contribution in [0.4, 0.5) is 0 Å². The highest BCUT2D eigenvalue weighted by atomic mass is 14.7. The van der Waals surface area contributed by atoms with Crippen LogP contribution in [-0.2, 0) is 0 Å². The number of hydrogen-bond acceptors (Lipinski definition) is 2. The maximum atomic E-state index is 9.99. The van der Waals surface area contributed by atoms with Crippen LogP contribution in [0.3, 0.4) is 0 Å². The Morgan fingerprint density at radius 1 is 0.429 bits per heavy atom. The summed E-state index contributed by atoms with van der Waals surface area (Å²) in [6.07, 6.45) is 0. The Morgan fingerprint density at radius 3 is 1.17 bits per heavy atom. The van der Waals surface area contributed by atoms with Gasteiger partial charge < -0.3 is 0 Å². The number of benzene rings is 5. The smallest absolute Gasteiger partial charge is 0.226 e. The molecule has 5 aromatic carbocycles. The first-order valence-electron chi connectivity index (χ1n) is 13.3. The van der Waals surface area contributed by atoms with E-state index in [9.17, 15) is 10.5 Å². The molecular formula is C38H18N4. The van der Waals surface area contributed by atoms with E-state index < -0.39 is 0 Å². The van der Waals surface area contributed by atoms with Gasteiger partial charge in [-0.1, -0.05) is 84.9 Å². The molecule has 0 aromatic heterocycles. The third-order valence-electron chi connectivity index (χ3n) is 7.98. The second-order valence-electron chi connectivity index (χ2n) is 10.1. The molecule has 0 fully saturated rings. The van der Waals surface area contributed by atoms with Crippen molar-refractivity contribution in [2.75, 3.05) is 0 Å². The van der Waals surface area contributed by atoms with Crippen LogP contribution in [0.2, 0.25) is 0 Å². The molecule has 0 N–H and O–H groups in total. The van der Waals surface area contributed by atoms with Crippen molar-refractivity contribution in [1.29, 1.82) is 10.5 Å². The molecule has 0 saturated heterocycles. The van der Waals surface area contributed by atoms with E-state index in [0.717, 1.165) is 66.8 Å². The fourth-order valence-electron chi connectivity index (χ4n) is 6.13. The Labute approximate surface area is 243 Å². The molecule has 5 aromatic rings. The Balaban J connectivity index is 1.51. The minimum absolute atomic E-state index is 0.0347. The lowest BCUT2D eigenvalue weighted by Gasteiger charge is -2.09. The van der Waals surface area contributed by atoms with Crippen molar-refractivity contribution < 1.29 is 0 Å². The summed E-state index contributed by atoms with van der Waals surface area (Å²) in [5.41, 5.74) is 12.2. The number of nitrogens with zero attached hydrogens (tertiary/aromatic N) is 4. The van der Waals surface area contributed by atoms with Gasteiger partial charge in [-0.25, -0.2) is 20.2 Å². The number of fused-ring (bicyclic) bond motifs is 6. The van der Waals surface area contributed by atoms with Crippen LogP contribution in [0.5, 0.6) is 0 Å². The van der Waals surface area contributed by atoms with Gasteiger partial charge in [-0.15, -0.1) is 0 Å². The SMILES string of the molecule is [C-]#[N+]/C(C#N)=C1/c2cc(-c3ccccc3)ccc2-c2cc3c(cc21)-c1ccc(-c2ccccc2)cc1/C3=C(/C#N)[N+]#[C-]. The van der Waals surface area contributed by atoms with Crippen LogP contribution in [-0.4, -0.2) is 0 Å². The molecule has 4 heteroatoms. The highest BCUT2D eigenvalue weighted by Gasteiger charge is 2.33. The maximum Gasteiger partial charge on any atom is 0.270 e. The van der Waals surface area contributed by atoms with Crippen LogP contribution in [0.15, 0.2) is 121 Å². The van der Waals surface area contributed by atoms with Gasteiger partial charge in [0.05, 0.1) is 25.3 Å². The van der Waals surface area contributed by atoms with E-state index in [-0.39, 0.29) is 11.4 Å². The van der Waals surface area contributed by atoms with Crippen molar-refractivity contribution >= 4 is 11.1 Å². The summed E-state index contributed by atoms with van der Waals surface area (Å²) in [5, 5.41) is 20.0. The highest BCUT2D eigenvalue weighted by Crippen LogP contribution is 2.54. The van der Waals surface area contributed by atoms with Crippen molar-refractivity contribution in [3.63, 3.8) is 0 Å². The fraction of sp³-hybridized carbons (Fsp3) is 0. The molecule has 190 valence electrons. The van der Waals surface area contributed by atoms with Gasteiger partial charge in [0.15, 0.2) is 0 Å². The lowest BCUT2D eigenvalue weighted by Crippen LogP contribution is -1.89. The lowest BCUT2D eigenvalue weighted by molar-refractivity contribution is 1.49. The number of hydrogen-bond donors (Lipinski definition) is 0. The predicted octanol–water partition coefficient (Wildman–Crippen LogP) is 9.39. The molecule has 0 spiro atoms. The van der Waals surface area contributed by atoms with E-state index >= 15 is 0 Å². The molecule has 0 amide bonds. The zero-order valence-electron chi connectivity index (χ0n) is 22.2. The molecule has 0 unspecified atom stereocenters. The standard InChI is InChI=1S/C38H18N4/c1-41-35(21-39)37-31-17-25(23-9-5-3-6-10-23)13-15-27(31)29-20-34-30(19-33(29)37)28-16-14-26(24-11-7-4-8-12-24)18-32(28)38(34)36(22-40)42-2/h3-20H/b37-35-,38-36+. The van der Waals surface area contributed by atoms with Crippen LogP contribution < -0.4 is 0 Å². The molecule has 0 bridgehead atoms. The maximum absolute atomic E-state index is 9.99.